The second kappa shape index (κ2) is 4.51. The Kier molecular flexibility index (Phi) is 3.22. The van der Waals surface area contributed by atoms with E-state index in [1.807, 2.05) is 0 Å². The molecule has 0 saturated heterocycles. The molecule has 1 aliphatic carbocycles. The van der Waals surface area contributed by atoms with E-state index in [9.17, 15) is 4.79 Å². The van der Waals surface area contributed by atoms with Gasteiger partial charge in [0.1, 0.15) is 5.82 Å². The Morgan fingerprint density at radius 3 is 3.00 bits per heavy atom. The minimum atomic E-state index is 0.121. The highest BCUT2D eigenvalue weighted by atomic mass is 16.2. The molecule has 1 fully saturated rings. The highest BCUT2D eigenvalue weighted by Crippen LogP contribution is 2.43. The Morgan fingerprint density at radius 2 is 2.41 bits per heavy atom. The van der Waals surface area contributed by atoms with Crippen LogP contribution in [0.15, 0.2) is 6.20 Å². The van der Waals surface area contributed by atoms with Crippen LogP contribution < -0.4 is 5.32 Å². The van der Waals surface area contributed by atoms with Gasteiger partial charge in [0.15, 0.2) is 0 Å². The predicted octanol–water partition coefficient (Wildman–Crippen LogP) is 2.74. The van der Waals surface area contributed by atoms with Crippen LogP contribution in [0.25, 0.3) is 0 Å². The molecule has 2 rings (SSSR count). The van der Waals surface area contributed by atoms with Gasteiger partial charge in [-0.2, -0.15) is 5.10 Å². The highest BCUT2D eigenvalue weighted by Gasteiger charge is 2.39. The molecule has 0 spiro atoms. The molecule has 4 nitrogen and oxygen atoms in total. The Labute approximate surface area is 102 Å². The van der Waals surface area contributed by atoms with Gasteiger partial charge < -0.3 is 5.32 Å². The predicted molar refractivity (Wildman–Crippen MR) is 67.7 cm³/mol. The van der Waals surface area contributed by atoms with Crippen molar-refractivity contribution in [1.82, 2.24) is 10.2 Å². The fourth-order valence-electron chi connectivity index (χ4n) is 2.71. The first kappa shape index (κ1) is 12.1. The van der Waals surface area contributed by atoms with E-state index >= 15 is 0 Å². The lowest BCUT2D eigenvalue weighted by molar-refractivity contribution is -0.122. The summed E-state index contributed by atoms with van der Waals surface area (Å²) in [4.78, 5) is 12.2. The normalized spacial score (nSPS) is 22.6. The van der Waals surface area contributed by atoms with E-state index in [-0.39, 0.29) is 17.2 Å². The molecule has 1 atom stereocenters. The highest BCUT2D eigenvalue weighted by molar-refractivity contribution is 5.92. The van der Waals surface area contributed by atoms with Crippen molar-refractivity contribution < 1.29 is 4.79 Å². The summed E-state index contributed by atoms with van der Waals surface area (Å²) < 4.78 is 0. The molecule has 0 aromatic carbocycles. The van der Waals surface area contributed by atoms with Crippen molar-refractivity contribution in [1.29, 1.82) is 0 Å². The molecule has 0 bridgehead atoms. The van der Waals surface area contributed by atoms with Gasteiger partial charge in [-0.3, -0.25) is 9.89 Å². The van der Waals surface area contributed by atoms with Gasteiger partial charge >= 0.3 is 0 Å². The van der Waals surface area contributed by atoms with Gasteiger partial charge in [0.05, 0.1) is 6.20 Å². The fourth-order valence-corrected chi connectivity index (χ4v) is 2.71. The molecule has 1 aliphatic rings. The van der Waals surface area contributed by atoms with Crippen molar-refractivity contribution in [3.05, 3.63) is 11.8 Å². The summed E-state index contributed by atoms with van der Waals surface area (Å²) in [6.45, 7) is 6.41. The Morgan fingerprint density at radius 1 is 1.65 bits per heavy atom. The van der Waals surface area contributed by atoms with E-state index < -0.39 is 0 Å². The lowest BCUT2D eigenvalue weighted by Gasteiger charge is -2.25. The maximum Gasteiger partial charge on any atom is 0.229 e. The Balaban J connectivity index is 2.07. The van der Waals surface area contributed by atoms with Gasteiger partial charge in [0.25, 0.3) is 0 Å². The van der Waals surface area contributed by atoms with E-state index in [0.717, 1.165) is 37.1 Å². The van der Waals surface area contributed by atoms with Crippen molar-refractivity contribution in [3.8, 4) is 0 Å². The monoisotopic (exact) mass is 235 g/mol. The van der Waals surface area contributed by atoms with E-state index in [4.69, 9.17) is 0 Å². The van der Waals surface area contributed by atoms with E-state index in [0.29, 0.717) is 0 Å². The molecule has 1 amide bonds. The summed E-state index contributed by atoms with van der Waals surface area (Å²) in [5.74, 6) is 1.02. The average molecular weight is 235 g/mol. The maximum atomic E-state index is 12.2. The topological polar surface area (TPSA) is 57.8 Å². The molecule has 1 aromatic heterocycles. The van der Waals surface area contributed by atoms with Gasteiger partial charge in [-0.15, -0.1) is 0 Å². The maximum absolute atomic E-state index is 12.2. The molecule has 0 aliphatic heterocycles. The second-order valence-corrected chi connectivity index (χ2v) is 5.55. The number of nitrogens with one attached hydrogen (secondary N) is 2. The lowest BCUT2D eigenvalue weighted by atomic mass is 9.81. The molecule has 4 heteroatoms. The SMILES string of the molecule is CCc1cn[nH]c1NC(=O)C1CCCC1(C)C. The molecule has 0 radical (unpaired) electrons. The van der Waals surface area contributed by atoms with Crippen LogP contribution in [0.5, 0.6) is 0 Å². The number of amides is 1. The van der Waals surface area contributed by atoms with Crippen molar-refractivity contribution in [2.45, 2.75) is 46.5 Å². The standard InChI is InChI=1S/C13H21N3O/c1-4-9-8-14-16-11(9)15-12(17)10-6-5-7-13(10,2)3/h8,10H,4-7H2,1-3H3,(H2,14,15,16,17). The van der Waals surface area contributed by atoms with Crippen LogP contribution in [-0.4, -0.2) is 16.1 Å². The zero-order valence-electron chi connectivity index (χ0n) is 10.8. The number of H-pyrrole nitrogens is 1. The molecule has 1 saturated carbocycles. The summed E-state index contributed by atoms with van der Waals surface area (Å²) in [7, 11) is 0. The van der Waals surface area contributed by atoms with Crippen LogP contribution in [0, 0.1) is 11.3 Å². The number of aromatic amines is 1. The second-order valence-electron chi connectivity index (χ2n) is 5.55. The minimum Gasteiger partial charge on any atom is -0.311 e. The number of carbonyl (C=O) groups is 1. The van der Waals surface area contributed by atoms with Crippen molar-refractivity contribution >= 4 is 11.7 Å². The van der Waals surface area contributed by atoms with Gasteiger partial charge in [0.2, 0.25) is 5.91 Å². The first-order chi connectivity index (χ1) is 8.04. The molecule has 1 heterocycles. The smallest absolute Gasteiger partial charge is 0.229 e. The van der Waals surface area contributed by atoms with Crippen LogP contribution in [0.2, 0.25) is 0 Å². The van der Waals surface area contributed by atoms with Crippen LogP contribution in [0.1, 0.15) is 45.6 Å². The van der Waals surface area contributed by atoms with Crippen LogP contribution in [0.4, 0.5) is 5.82 Å². The van der Waals surface area contributed by atoms with Gasteiger partial charge in [-0.1, -0.05) is 27.2 Å². The average Bonchev–Trinajstić information content (AvgIpc) is 2.83. The number of aryl methyl sites for hydroxylation is 1. The summed E-state index contributed by atoms with van der Waals surface area (Å²) in [5.41, 5.74) is 1.19. The number of hydrogen-bond acceptors (Lipinski definition) is 2. The Hall–Kier alpha value is -1.32. The summed E-state index contributed by atoms with van der Waals surface area (Å²) in [5, 5.41) is 9.81. The minimum absolute atomic E-state index is 0.121. The Bertz CT molecular complexity index is 409. The zero-order chi connectivity index (χ0) is 12.5. The van der Waals surface area contributed by atoms with Gasteiger partial charge in [-0.25, -0.2) is 0 Å². The number of rotatable bonds is 3. The summed E-state index contributed by atoms with van der Waals surface area (Å²) >= 11 is 0. The number of anilines is 1. The number of carbonyl (C=O) groups excluding carboxylic acids is 1. The quantitative estimate of drug-likeness (QED) is 0.846. The van der Waals surface area contributed by atoms with Crippen LogP contribution >= 0.6 is 0 Å². The zero-order valence-corrected chi connectivity index (χ0v) is 10.8. The summed E-state index contributed by atoms with van der Waals surface area (Å²) in [6, 6.07) is 0. The molecule has 1 unspecified atom stereocenters. The van der Waals surface area contributed by atoms with Crippen LogP contribution in [-0.2, 0) is 11.2 Å². The fraction of sp³-hybridized carbons (Fsp3) is 0.692. The third kappa shape index (κ3) is 2.35. The van der Waals surface area contributed by atoms with E-state index in [2.05, 4.69) is 36.3 Å². The van der Waals surface area contributed by atoms with Gasteiger partial charge in [-0.05, 0) is 24.7 Å². The van der Waals surface area contributed by atoms with Crippen molar-refractivity contribution in [3.63, 3.8) is 0 Å². The van der Waals surface area contributed by atoms with Crippen LogP contribution in [0.3, 0.4) is 0 Å². The molecular weight excluding hydrogens is 214 g/mol. The van der Waals surface area contributed by atoms with Crippen molar-refractivity contribution in [2.24, 2.45) is 11.3 Å². The molecule has 17 heavy (non-hydrogen) atoms. The van der Waals surface area contributed by atoms with Crippen molar-refractivity contribution in [2.75, 3.05) is 5.32 Å². The third-order valence-electron chi connectivity index (χ3n) is 3.92. The number of aromatic nitrogens is 2. The van der Waals surface area contributed by atoms with Gasteiger partial charge in [0, 0.05) is 11.5 Å². The first-order valence-electron chi connectivity index (χ1n) is 6.37. The van der Waals surface area contributed by atoms with E-state index in [1.54, 1.807) is 6.20 Å². The third-order valence-corrected chi connectivity index (χ3v) is 3.92. The molecule has 1 aromatic rings. The van der Waals surface area contributed by atoms with E-state index in [1.165, 1.54) is 0 Å². The largest absolute Gasteiger partial charge is 0.311 e. The molecular formula is C13H21N3O. The molecule has 94 valence electrons. The first-order valence-corrected chi connectivity index (χ1v) is 6.37. The summed E-state index contributed by atoms with van der Waals surface area (Å²) in [6.07, 6.45) is 5.92. The number of nitrogens with zero attached hydrogens (tertiary/aromatic N) is 1. The lowest BCUT2D eigenvalue weighted by Crippen LogP contribution is -2.31. The molecule has 2 N–H and O–H groups in total. The number of hydrogen-bond donors (Lipinski definition) is 2.